The Morgan fingerprint density at radius 2 is 1.89 bits per heavy atom. The van der Waals surface area contributed by atoms with Gasteiger partial charge in [-0.05, 0) is 52.4 Å². The zero-order valence-corrected chi connectivity index (χ0v) is 14.0. The monoisotopic (exact) mass is 387 g/mol. The van der Waals surface area contributed by atoms with Crippen LogP contribution in [-0.4, -0.2) is 31.1 Å². The molecule has 3 rings (SSSR count). The molecule has 0 aromatic heterocycles. The molecular formula is C14H19Br2N3. The van der Waals surface area contributed by atoms with Crippen molar-refractivity contribution in [1.82, 2.24) is 10.2 Å². The summed E-state index contributed by atoms with van der Waals surface area (Å²) in [6.45, 7) is 4.39. The van der Waals surface area contributed by atoms with Crippen molar-refractivity contribution in [3.8, 4) is 0 Å². The first-order chi connectivity index (χ1) is 9.16. The molecule has 104 valence electrons. The van der Waals surface area contributed by atoms with Gasteiger partial charge >= 0.3 is 0 Å². The van der Waals surface area contributed by atoms with Gasteiger partial charge in [-0.1, -0.05) is 15.9 Å². The molecule has 0 amide bonds. The summed E-state index contributed by atoms with van der Waals surface area (Å²) in [5.74, 6) is 0.779. The van der Waals surface area contributed by atoms with Crippen molar-refractivity contribution in [1.29, 1.82) is 0 Å². The molecule has 3 nitrogen and oxygen atoms in total. The SMILES string of the molecule is Nc1c(Br)cc(Br)cc1[C@H](C1CC1)N1CCNCC1. The lowest BCUT2D eigenvalue weighted by Crippen LogP contribution is -2.45. The van der Waals surface area contributed by atoms with E-state index in [0.29, 0.717) is 6.04 Å². The van der Waals surface area contributed by atoms with E-state index < -0.39 is 0 Å². The summed E-state index contributed by atoms with van der Waals surface area (Å²) in [6, 6.07) is 4.71. The summed E-state index contributed by atoms with van der Waals surface area (Å²) in [7, 11) is 0. The number of nitrogen functional groups attached to an aromatic ring is 1. The molecule has 19 heavy (non-hydrogen) atoms. The fraction of sp³-hybridized carbons (Fsp3) is 0.571. The number of piperazine rings is 1. The van der Waals surface area contributed by atoms with Crippen LogP contribution in [0.4, 0.5) is 5.69 Å². The molecule has 0 radical (unpaired) electrons. The minimum absolute atomic E-state index is 0.482. The summed E-state index contributed by atoms with van der Waals surface area (Å²) < 4.78 is 2.10. The van der Waals surface area contributed by atoms with Crippen molar-refractivity contribution in [2.45, 2.75) is 18.9 Å². The zero-order valence-electron chi connectivity index (χ0n) is 10.8. The Bertz CT molecular complexity index is 468. The number of nitrogens with two attached hydrogens (primary N) is 1. The maximum absolute atomic E-state index is 6.31. The summed E-state index contributed by atoms with van der Waals surface area (Å²) in [5, 5.41) is 3.43. The molecule has 1 aliphatic carbocycles. The highest BCUT2D eigenvalue weighted by molar-refractivity contribution is 9.11. The number of nitrogens with zero attached hydrogens (tertiary/aromatic N) is 1. The average molecular weight is 389 g/mol. The molecule has 1 saturated heterocycles. The van der Waals surface area contributed by atoms with Crippen molar-refractivity contribution in [2.75, 3.05) is 31.9 Å². The van der Waals surface area contributed by atoms with E-state index in [1.807, 2.05) is 6.07 Å². The molecule has 2 fully saturated rings. The van der Waals surface area contributed by atoms with E-state index in [4.69, 9.17) is 5.73 Å². The van der Waals surface area contributed by atoms with E-state index in [2.05, 4.69) is 48.1 Å². The highest BCUT2D eigenvalue weighted by atomic mass is 79.9. The van der Waals surface area contributed by atoms with Gasteiger partial charge in [0.15, 0.2) is 0 Å². The van der Waals surface area contributed by atoms with Crippen LogP contribution in [0.3, 0.4) is 0 Å². The first-order valence-corrected chi connectivity index (χ1v) is 8.44. The maximum Gasteiger partial charge on any atom is 0.0507 e. The minimum Gasteiger partial charge on any atom is -0.398 e. The zero-order chi connectivity index (χ0) is 13.4. The first kappa shape index (κ1) is 13.9. The minimum atomic E-state index is 0.482. The van der Waals surface area contributed by atoms with Gasteiger partial charge in [0.25, 0.3) is 0 Å². The molecule has 1 heterocycles. The standard InChI is InChI=1S/C14H19Br2N3/c15-10-7-11(13(17)12(16)8-10)14(9-1-2-9)19-5-3-18-4-6-19/h7-9,14,18H,1-6,17H2/t14-/m0/s1. The Balaban J connectivity index is 1.95. The Hall–Kier alpha value is -0.100. The van der Waals surface area contributed by atoms with Gasteiger partial charge in [-0.15, -0.1) is 0 Å². The molecule has 5 heteroatoms. The average Bonchev–Trinajstić information content (AvgIpc) is 3.21. The van der Waals surface area contributed by atoms with Gasteiger partial charge < -0.3 is 11.1 Å². The second-order valence-corrected chi connectivity index (χ2v) is 7.23. The molecule has 0 unspecified atom stereocenters. The second kappa shape index (κ2) is 5.72. The number of halogens is 2. The van der Waals surface area contributed by atoms with Crippen LogP contribution >= 0.6 is 31.9 Å². The molecule has 1 saturated carbocycles. The van der Waals surface area contributed by atoms with Gasteiger partial charge in [-0.25, -0.2) is 0 Å². The van der Waals surface area contributed by atoms with E-state index in [1.54, 1.807) is 0 Å². The van der Waals surface area contributed by atoms with Crippen LogP contribution in [0.25, 0.3) is 0 Å². The van der Waals surface area contributed by atoms with Crippen LogP contribution in [0.2, 0.25) is 0 Å². The van der Waals surface area contributed by atoms with Crippen LogP contribution in [0, 0.1) is 5.92 Å². The largest absolute Gasteiger partial charge is 0.398 e. The van der Waals surface area contributed by atoms with E-state index in [-0.39, 0.29) is 0 Å². The van der Waals surface area contributed by atoms with E-state index in [0.717, 1.165) is 46.7 Å². The number of nitrogens with one attached hydrogen (secondary N) is 1. The van der Waals surface area contributed by atoms with Crippen LogP contribution in [0.5, 0.6) is 0 Å². The van der Waals surface area contributed by atoms with Crippen molar-refractivity contribution < 1.29 is 0 Å². The maximum atomic E-state index is 6.31. The van der Waals surface area contributed by atoms with Crippen LogP contribution in [-0.2, 0) is 0 Å². The molecule has 1 aliphatic heterocycles. The lowest BCUT2D eigenvalue weighted by atomic mass is 9.98. The number of hydrogen-bond donors (Lipinski definition) is 2. The normalized spacial score (nSPS) is 22.4. The van der Waals surface area contributed by atoms with Crippen molar-refractivity contribution >= 4 is 37.5 Å². The third kappa shape index (κ3) is 2.99. The Morgan fingerprint density at radius 1 is 1.21 bits per heavy atom. The van der Waals surface area contributed by atoms with Gasteiger partial charge in [0.1, 0.15) is 0 Å². The molecule has 2 aliphatic rings. The van der Waals surface area contributed by atoms with Crippen LogP contribution < -0.4 is 11.1 Å². The fourth-order valence-corrected chi connectivity index (χ4v) is 4.23. The Kier molecular flexibility index (Phi) is 4.17. The molecule has 3 N–H and O–H groups in total. The van der Waals surface area contributed by atoms with Gasteiger partial charge in [-0.3, -0.25) is 4.90 Å². The van der Waals surface area contributed by atoms with Crippen molar-refractivity contribution in [3.63, 3.8) is 0 Å². The van der Waals surface area contributed by atoms with Gasteiger partial charge in [0.2, 0.25) is 0 Å². The Labute approximate surface area is 131 Å². The fourth-order valence-electron chi connectivity index (χ4n) is 2.97. The predicted molar refractivity (Wildman–Crippen MR) is 86.2 cm³/mol. The topological polar surface area (TPSA) is 41.3 Å². The predicted octanol–water partition coefficient (Wildman–Crippen LogP) is 3.15. The van der Waals surface area contributed by atoms with Crippen molar-refractivity contribution in [2.24, 2.45) is 5.92 Å². The smallest absolute Gasteiger partial charge is 0.0507 e. The third-order valence-corrected chi connectivity index (χ3v) is 5.17. The van der Waals surface area contributed by atoms with Crippen molar-refractivity contribution in [3.05, 3.63) is 26.6 Å². The lowest BCUT2D eigenvalue weighted by molar-refractivity contribution is 0.156. The molecule has 1 aromatic carbocycles. The summed E-state index contributed by atoms with van der Waals surface area (Å²) >= 11 is 7.17. The summed E-state index contributed by atoms with van der Waals surface area (Å²) in [4.78, 5) is 2.60. The molecule has 1 atom stereocenters. The number of benzene rings is 1. The Morgan fingerprint density at radius 3 is 2.53 bits per heavy atom. The highest BCUT2D eigenvalue weighted by Gasteiger charge is 2.38. The van der Waals surface area contributed by atoms with Gasteiger partial charge in [0, 0.05) is 41.2 Å². The van der Waals surface area contributed by atoms with Gasteiger partial charge in [0.05, 0.1) is 5.69 Å². The number of hydrogen-bond acceptors (Lipinski definition) is 3. The second-order valence-electron chi connectivity index (χ2n) is 5.46. The summed E-state index contributed by atoms with van der Waals surface area (Å²) in [6.07, 6.45) is 2.66. The molecule has 0 bridgehead atoms. The van der Waals surface area contributed by atoms with E-state index in [1.165, 1.54) is 18.4 Å². The summed E-state index contributed by atoms with van der Waals surface area (Å²) in [5.41, 5.74) is 8.50. The number of anilines is 1. The molecular weight excluding hydrogens is 370 g/mol. The van der Waals surface area contributed by atoms with Crippen LogP contribution in [0.1, 0.15) is 24.4 Å². The molecule has 0 spiro atoms. The highest BCUT2D eigenvalue weighted by Crippen LogP contribution is 2.47. The number of rotatable bonds is 3. The quantitative estimate of drug-likeness (QED) is 0.781. The molecule has 1 aromatic rings. The van der Waals surface area contributed by atoms with E-state index in [9.17, 15) is 0 Å². The lowest BCUT2D eigenvalue weighted by Gasteiger charge is -2.36. The van der Waals surface area contributed by atoms with Crippen LogP contribution in [0.15, 0.2) is 21.1 Å². The third-order valence-electron chi connectivity index (χ3n) is 4.06. The first-order valence-electron chi connectivity index (χ1n) is 6.86. The van der Waals surface area contributed by atoms with E-state index >= 15 is 0 Å². The van der Waals surface area contributed by atoms with Gasteiger partial charge in [-0.2, -0.15) is 0 Å².